The second-order valence-corrected chi connectivity index (χ2v) is 7.19. The maximum absolute atomic E-state index is 12.9. The van der Waals surface area contributed by atoms with Crippen LogP contribution in [0, 0.1) is 5.41 Å². The molecule has 1 atom stereocenters. The summed E-state index contributed by atoms with van der Waals surface area (Å²) in [5, 5.41) is 6.62. The number of piperidine rings is 1. The fourth-order valence-electron chi connectivity index (χ4n) is 3.69. The van der Waals surface area contributed by atoms with E-state index in [0.717, 1.165) is 43.2 Å². The molecule has 2 aliphatic rings. The van der Waals surface area contributed by atoms with Gasteiger partial charge in [0.2, 0.25) is 5.91 Å². The lowest BCUT2D eigenvalue weighted by molar-refractivity contribution is -0.137. The van der Waals surface area contributed by atoms with E-state index in [1.165, 1.54) is 11.1 Å². The molecule has 4 nitrogen and oxygen atoms in total. The average molecular weight is 367 g/mol. The number of hydrogen-bond donors (Lipinski definition) is 2. The number of hydrogen-bond acceptors (Lipinski definition) is 3. The first-order chi connectivity index (χ1) is 10.7. The largest absolute Gasteiger partial charge is 0.384 e. The van der Waals surface area contributed by atoms with Crippen LogP contribution in [0.25, 0.3) is 0 Å². The van der Waals surface area contributed by atoms with Gasteiger partial charge in [-0.15, -0.1) is 0 Å². The molecule has 0 radical (unpaired) electrons. The van der Waals surface area contributed by atoms with E-state index in [-0.39, 0.29) is 17.4 Å². The van der Waals surface area contributed by atoms with Crippen LogP contribution < -0.4 is 10.6 Å². The molecule has 1 unspecified atom stereocenters. The van der Waals surface area contributed by atoms with E-state index in [1.54, 1.807) is 7.11 Å². The smallest absolute Gasteiger partial charge is 0.229 e. The Labute approximate surface area is 140 Å². The summed E-state index contributed by atoms with van der Waals surface area (Å²) < 4.78 is 6.51. The second-order valence-electron chi connectivity index (χ2n) is 6.34. The minimum Gasteiger partial charge on any atom is -0.384 e. The number of rotatable bonds is 4. The molecule has 3 rings (SSSR count). The maximum atomic E-state index is 12.9. The molecule has 120 valence electrons. The summed E-state index contributed by atoms with van der Waals surface area (Å²) in [5.74, 6) is 0.147. The van der Waals surface area contributed by atoms with Crippen LogP contribution in [0.4, 0.5) is 0 Å². The Morgan fingerprint density at radius 3 is 2.95 bits per heavy atom. The monoisotopic (exact) mass is 366 g/mol. The molecule has 1 aliphatic heterocycles. The van der Waals surface area contributed by atoms with Gasteiger partial charge in [-0.1, -0.05) is 28.1 Å². The molecule has 1 heterocycles. The van der Waals surface area contributed by atoms with Crippen LogP contribution >= 0.6 is 15.9 Å². The number of nitrogens with one attached hydrogen (secondary N) is 2. The van der Waals surface area contributed by atoms with Gasteiger partial charge in [0.25, 0.3) is 0 Å². The first-order valence-corrected chi connectivity index (χ1v) is 8.73. The van der Waals surface area contributed by atoms with E-state index in [1.807, 2.05) is 6.07 Å². The van der Waals surface area contributed by atoms with Crippen molar-refractivity contribution < 1.29 is 9.53 Å². The van der Waals surface area contributed by atoms with Crippen molar-refractivity contribution in [3.63, 3.8) is 0 Å². The van der Waals surface area contributed by atoms with Gasteiger partial charge in [0.05, 0.1) is 18.1 Å². The third-order valence-corrected chi connectivity index (χ3v) is 5.72. The van der Waals surface area contributed by atoms with Gasteiger partial charge in [0.1, 0.15) is 0 Å². The van der Waals surface area contributed by atoms with E-state index in [0.29, 0.717) is 6.61 Å². The van der Waals surface area contributed by atoms with Gasteiger partial charge in [0.15, 0.2) is 0 Å². The predicted octanol–water partition coefficient (Wildman–Crippen LogP) is 2.57. The molecule has 22 heavy (non-hydrogen) atoms. The summed E-state index contributed by atoms with van der Waals surface area (Å²) in [6.07, 6.45) is 3.67. The molecule has 1 aromatic rings. The average Bonchev–Trinajstić information content (AvgIpc) is 2.93. The minimum atomic E-state index is -0.380. The molecule has 0 saturated carbocycles. The minimum absolute atomic E-state index is 0.128. The molecule has 0 aromatic heterocycles. The normalized spacial score (nSPS) is 23.1. The summed E-state index contributed by atoms with van der Waals surface area (Å²) in [7, 11) is 1.68. The Kier molecular flexibility index (Phi) is 4.85. The number of halogens is 1. The van der Waals surface area contributed by atoms with E-state index in [4.69, 9.17) is 4.74 Å². The molecule has 1 saturated heterocycles. The lowest BCUT2D eigenvalue weighted by Gasteiger charge is -2.36. The van der Waals surface area contributed by atoms with Gasteiger partial charge >= 0.3 is 0 Å². The van der Waals surface area contributed by atoms with Crippen LogP contribution in [0.1, 0.15) is 36.4 Å². The Morgan fingerprint density at radius 1 is 1.45 bits per heavy atom. The zero-order valence-corrected chi connectivity index (χ0v) is 14.5. The summed E-state index contributed by atoms with van der Waals surface area (Å²) in [4.78, 5) is 12.9. The van der Waals surface area contributed by atoms with E-state index >= 15 is 0 Å². The number of carbonyl (C=O) groups is 1. The highest BCUT2D eigenvalue weighted by molar-refractivity contribution is 9.10. The number of amides is 1. The van der Waals surface area contributed by atoms with E-state index in [2.05, 4.69) is 38.7 Å². The van der Waals surface area contributed by atoms with E-state index < -0.39 is 0 Å². The molecule has 2 N–H and O–H groups in total. The van der Waals surface area contributed by atoms with Gasteiger partial charge in [-0.2, -0.15) is 0 Å². The number of benzene rings is 1. The van der Waals surface area contributed by atoms with E-state index in [9.17, 15) is 4.79 Å². The quantitative estimate of drug-likeness (QED) is 0.860. The molecular formula is C17H23BrN2O2. The van der Waals surface area contributed by atoms with Crippen LogP contribution in [0.5, 0.6) is 0 Å². The Morgan fingerprint density at radius 2 is 2.23 bits per heavy atom. The van der Waals surface area contributed by atoms with Crippen LogP contribution in [-0.4, -0.2) is 32.7 Å². The van der Waals surface area contributed by atoms with Crippen LogP contribution in [0.15, 0.2) is 22.7 Å². The molecule has 0 spiro atoms. The molecule has 1 amide bonds. The predicted molar refractivity (Wildman–Crippen MR) is 89.8 cm³/mol. The van der Waals surface area contributed by atoms with Crippen molar-refractivity contribution in [1.82, 2.24) is 10.6 Å². The summed E-state index contributed by atoms with van der Waals surface area (Å²) in [6, 6.07) is 6.37. The van der Waals surface area contributed by atoms with Gasteiger partial charge in [-0.05, 0) is 56.0 Å². The standard InChI is InChI=1S/C17H23BrN2O2/c1-22-11-17(7-9-19-10-8-17)16(21)20-15-6-5-12-13(15)3-2-4-14(12)18/h2-4,15,19H,5-11H2,1H3,(H,20,21). The zero-order valence-electron chi connectivity index (χ0n) is 13.0. The fourth-order valence-corrected chi connectivity index (χ4v) is 4.27. The van der Waals surface area contributed by atoms with Gasteiger partial charge < -0.3 is 15.4 Å². The third kappa shape index (κ3) is 2.94. The summed E-state index contributed by atoms with van der Waals surface area (Å²) >= 11 is 3.61. The number of fused-ring (bicyclic) bond motifs is 1. The highest BCUT2D eigenvalue weighted by Gasteiger charge is 2.41. The van der Waals surface area contributed by atoms with Crippen LogP contribution in [0.3, 0.4) is 0 Å². The van der Waals surface area contributed by atoms with Crippen molar-refractivity contribution >= 4 is 21.8 Å². The highest BCUT2D eigenvalue weighted by Crippen LogP contribution is 2.37. The first kappa shape index (κ1) is 16.0. The van der Waals surface area contributed by atoms with Crippen LogP contribution in [0.2, 0.25) is 0 Å². The fraction of sp³-hybridized carbons (Fsp3) is 0.588. The number of ether oxygens (including phenoxy) is 1. The van der Waals surface area contributed by atoms with Crippen molar-refractivity contribution in [2.24, 2.45) is 5.41 Å². The van der Waals surface area contributed by atoms with Crippen molar-refractivity contribution in [2.45, 2.75) is 31.7 Å². The second kappa shape index (κ2) is 6.69. The lowest BCUT2D eigenvalue weighted by atomic mass is 9.78. The van der Waals surface area contributed by atoms with Gasteiger partial charge in [0, 0.05) is 11.6 Å². The number of carbonyl (C=O) groups excluding carboxylic acids is 1. The van der Waals surface area contributed by atoms with Crippen molar-refractivity contribution in [3.05, 3.63) is 33.8 Å². The van der Waals surface area contributed by atoms with Gasteiger partial charge in [-0.3, -0.25) is 4.79 Å². The van der Waals surface area contributed by atoms with Crippen molar-refractivity contribution in [1.29, 1.82) is 0 Å². The summed E-state index contributed by atoms with van der Waals surface area (Å²) in [5.41, 5.74) is 2.21. The number of methoxy groups -OCH3 is 1. The Bertz CT molecular complexity index is 550. The Hall–Kier alpha value is -0.910. The highest BCUT2D eigenvalue weighted by atomic mass is 79.9. The molecule has 1 fully saturated rings. The topological polar surface area (TPSA) is 50.4 Å². The maximum Gasteiger partial charge on any atom is 0.229 e. The van der Waals surface area contributed by atoms with Gasteiger partial charge in [-0.25, -0.2) is 0 Å². The zero-order chi connectivity index (χ0) is 15.6. The first-order valence-electron chi connectivity index (χ1n) is 7.94. The molecule has 5 heteroatoms. The molecule has 0 bridgehead atoms. The molecule has 1 aliphatic carbocycles. The van der Waals surface area contributed by atoms with Crippen molar-refractivity contribution in [2.75, 3.05) is 26.8 Å². The lowest BCUT2D eigenvalue weighted by Crippen LogP contribution is -2.50. The Balaban J connectivity index is 1.76. The third-order valence-electron chi connectivity index (χ3n) is 4.98. The molecule has 1 aromatic carbocycles. The SMILES string of the molecule is COCC1(C(=O)NC2CCc3c(Br)cccc32)CCNCC1. The van der Waals surface area contributed by atoms with Crippen molar-refractivity contribution in [3.8, 4) is 0 Å². The molecular weight excluding hydrogens is 344 g/mol. The van der Waals surface area contributed by atoms with Crippen LogP contribution in [-0.2, 0) is 16.0 Å². The summed E-state index contributed by atoms with van der Waals surface area (Å²) in [6.45, 7) is 2.26.